The van der Waals surface area contributed by atoms with Crippen LogP contribution in [0.1, 0.15) is 11.1 Å². The van der Waals surface area contributed by atoms with Crippen LogP contribution in [0.2, 0.25) is 0 Å². The first-order valence-corrected chi connectivity index (χ1v) is 10.0. The lowest BCUT2D eigenvalue weighted by Gasteiger charge is -2.09. The van der Waals surface area contributed by atoms with Crippen molar-refractivity contribution in [3.05, 3.63) is 78.0 Å². The Balaban J connectivity index is 1.75. The Hall–Kier alpha value is -2.82. The summed E-state index contributed by atoms with van der Waals surface area (Å²) in [5.74, 6) is 0. The highest BCUT2D eigenvalue weighted by Crippen LogP contribution is 2.29. The molecule has 0 spiro atoms. The van der Waals surface area contributed by atoms with E-state index in [0.29, 0.717) is 16.3 Å². The molecule has 1 aromatic heterocycles. The SMILES string of the molecule is Cc1ccc(S(=O)(=O)Nc2ccc(Sc3ncccc3C#N)cc2)cc1. The van der Waals surface area contributed by atoms with Gasteiger partial charge in [-0.05, 0) is 55.5 Å². The van der Waals surface area contributed by atoms with Gasteiger partial charge in [-0.1, -0.05) is 29.5 Å². The van der Waals surface area contributed by atoms with Crippen LogP contribution in [0.5, 0.6) is 0 Å². The van der Waals surface area contributed by atoms with Crippen molar-refractivity contribution < 1.29 is 8.42 Å². The zero-order chi connectivity index (χ0) is 18.6. The summed E-state index contributed by atoms with van der Waals surface area (Å²) in [4.78, 5) is 5.28. The summed E-state index contributed by atoms with van der Waals surface area (Å²) in [6.07, 6.45) is 1.63. The van der Waals surface area contributed by atoms with Crippen molar-refractivity contribution in [3.8, 4) is 6.07 Å². The molecule has 0 unspecified atom stereocenters. The second kappa shape index (κ2) is 7.60. The highest BCUT2D eigenvalue weighted by Gasteiger charge is 2.14. The average Bonchev–Trinajstić information content (AvgIpc) is 2.64. The molecule has 2 aromatic carbocycles. The minimum Gasteiger partial charge on any atom is -0.280 e. The number of nitrogens with one attached hydrogen (secondary N) is 1. The van der Waals surface area contributed by atoms with Crippen LogP contribution in [-0.4, -0.2) is 13.4 Å². The molecule has 1 heterocycles. The number of aryl methyl sites for hydroxylation is 1. The fourth-order valence-corrected chi connectivity index (χ4v) is 4.08. The van der Waals surface area contributed by atoms with E-state index in [-0.39, 0.29) is 4.90 Å². The van der Waals surface area contributed by atoms with E-state index in [1.807, 2.05) is 6.92 Å². The van der Waals surface area contributed by atoms with Crippen LogP contribution in [0.25, 0.3) is 0 Å². The monoisotopic (exact) mass is 381 g/mol. The highest BCUT2D eigenvalue weighted by atomic mass is 32.2. The van der Waals surface area contributed by atoms with Crippen LogP contribution >= 0.6 is 11.8 Å². The summed E-state index contributed by atoms with van der Waals surface area (Å²) in [5.41, 5.74) is 1.97. The van der Waals surface area contributed by atoms with Crippen molar-refractivity contribution in [2.75, 3.05) is 4.72 Å². The molecule has 0 radical (unpaired) electrons. The number of rotatable bonds is 5. The molecule has 0 aliphatic carbocycles. The number of nitriles is 1. The first-order chi connectivity index (χ1) is 12.5. The average molecular weight is 381 g/mol. The van der Waals surface area contributed by atoms with Crippen LogP contribution < -0.4 is 4.72 Å². The summed E-state index contributed by atoms with van der Waals surface area (Å²) in [5, 5.41) is 9.73. The van der Waals surface area contributed by atoms with Crippen LogP contribution in [-0.2, 0) is 10.0 Å². The predicted octanol–water partition coefficient (Wildman–Crippen LogP) is 4.21. The first kappa shape index (κ1) is 18.0. The molecule has 5 nitrogen and oxygen atoms in total. The van der Waals surface area contributed by atoms with Crippen LogP contribution in [0.15, 0.2) is 81.7 Å². The van der Waals surface area contributed by atoms with Crippen molar-refractivity contribution in [2.24, 2.45) is 0 Å². The molecule has 7 heteroatoms. The smallest absolute Gasteiger partial charge is 0.261 e. The molecule has 0 aliphatic heterocycles. The quantitative estimate of drug-likeness (QED) is 0.716. The van der Waals surface area contributed by atoms with Gasteiger partial charge in [-0.15, -0.1) is 0 Å². The minimum atomic E-state index is -3.62. The van der Waals surface area contributed by atoms with Gasteiger partial charge < -0.3 is 0 Å². The molecular weight excluding hydrogens is 366 g/mol. The van der Waals surface area contributed by atoms with Crippen LogP contribution in [0.3, 0.4) is 0 Å². The number of pyridine rings is 1. The van der Waals surface area contributed by atoms with E-state index >= 15 is 0 Å². The number of sulfonamides is 1. The second-order valence-corrected chi connectivity index (χ2v) is 8.26. The molecule has 0 saturated carbocycles. The summed E-state index contributed by atoms with van der Waals surface area (Å²) < 4.78 is 27.4. The largest absolute Gasteiger partial charge is 0.280 e. The van der Waals surface area contributed by atoms with Gasteiger partial charge in [0.2, 0.25) is 0 Å². The maximum Gasteiger partial charge on any atom is 0.261 e. The van der Waals surface area contributed by atoms with Crippen LogP contribution in [0.4, 0.5) is 5.69 Å². The van der Waals surface area contributed by atoms with E-state index in [9.17, 15) is 8.42 Å². The number of hydrogen-bond acceptors (Lipinski definition) is 5. The Morgan fingerprint density at radius 2 is 1.73 bits per heavy atom. The van der Waals surface area contributed by atoms with Gasteiger partial charge in [0.15, 0.2) is 0 Å². The molecular formula is C19H15N3O2S2. The molecule has 3 rings (SSSR count). The molecule has 0 amide bonds. The van der Waals surface area contributed by atoms with Crippen molar-refractivity contribution in [3.63, 3.8) is 0 Å². The standard InChI is InChI=1S/C19H15N3O2S2/c1-14-4-10-18(11-5-14)26(23,24)22-16-6-8-17(9-7-16)25-19-15(13-20)3-2-12-21-19/h2-12,22H,1H3. The van der Waals surface area contributed by atoms with E-state index < -0.39 is 10.0 Å². The van der Waals surface area contributed by atoms with Gasteiger partial charge in [0, 0.05) is 16.8 Å². The third-order valence-corrected chi connectivity index (χ3v) is 5.97. The molecule has 0 bridgehead atoms. The van der Waals surface area contributed by atoms with Crippen molar-refractivity contribution >= 4 is 27.5 Å². The second-order valence-electron chi connectivity index (χ2n) is 5.51. The fraction of sp³-hybridized carbons (Fsp3) is 0.0526. The molecule has 3 aromatic rings. The molecule has 0 fully saturated rings. The van der Waals surface area contributed by atoms with E-state index in [1.165, 1.54) is 11.8 Å². The Labute approximate surface area is 156 Å². The number of nitrogens with zero attached hydrogens (tertiary/aromatic N) is 2. The topological polar surface area (TPSA) is 82.8 Å². The van der Waals surface area contributed by atoms with E-state index in [0.717, 1.165) is 10.5 Å². The van der Waals surface area contributed by atoms with Crippen LogP contribution in [0, 0.1) is 18.3 Å². The number of hydrogen-bond donors (Lipinski definition) is 1. The van der Waals surface area contributed by atoms with Gasteiger partial charge >= 0.3 is 0 Å². The summed E-state index contributed by atoms with van der Waals surface area (Å²) in [6, 6.07) is 19.1. The molecule has 0 saturated heterocycles. The van der Waals surface area contributed by atoms with Gasteiger partial charge in [0.25, 0.3) is 10.0 Å². The molecule has 1 N–H and O–H groups in total. The number of aromatic nitrogens is 1. The number of anilines is 1. The summed E-state index contributed by atoms with van der Waals surface area (Å²) >= 11 is 1.35. The van der Waals surface area contributed by atoms with Gasteiger partial charge in [0.05, 0.1) is 10.5 Å². The lowest BCUT2D eigenvalue weighted by Crippen LogP contribution is -2.12. The van der Waals surface area contributed by atoms with Crippen molar-refractivity contribution in [2.45, 2.75) is 21.7 Å². The maximum atomic E-state index is 12.4. The summed E-state index contributed by atoms with van der Waals surface area (Å²) in [6.45, 7) is 1.90. The zero-order valence-electron chi connectivity index (χ0n) is 13.9. The van der Waals surface area contributed by atoms with Crippen molar-refractivity contribution in [1.82, 2.24) is 4.98 Å². The lowest BCUT2D eigenvalue weighted by atomic mass is 10.2. The maximum absolute atomic E-state index is 12.4. The predicted molar refractivity (Wildman–Crippen MR) is 102 cm³/mol. The molecule has 0 aliphatic rings. The first-order valence-electron chi connectivity index (χ1n) is 7.70. The lowest BCUT2D eigenvalue weighted by molar-refractivity contribution is 0.601. The zero-order valence-corrected chi connectivity index (χ0v) is 15.5. The van der Waals surface area contributed by atoms with Gasteiger partial charge in [-0.3, -0.25) is 4.72 Å². The highest BCUT2D eigenvalue weighted by molar-refractivity contribution is 7.99. The third-order valence-electron chi connectivity index (χ3n) is 3.54. The van der Waals surface area contributed by atoms with Gasteiger partial charge in [0.1, 0.15) is 11.1 Å². The minimum absolute atomic E-state index is 0.216. The molecule has 26 heavy (non-hydrogen) atoms. The van der Waals surface area contributed by atoms with Gasteiger partial charge in [-0.25, -0.2) is 13.4 Å². The summed E-state index contributed by atoms with van der Waals surface area (Å²) in [7, 11) is -3.62. The van der Waals surface area contributed by atoms with Gasteiger partial charge in [-0.2, -0.15) is 5.26 Å². The Morgan fingerprint density at radius 3 is 2.38 bits per heavy atom. The Bertz CT molecular complexity index is 1060. The Kier molecular flexibility index (Phi) is 5.26. The van der Waals surface area contributed by atoms with Crippen molar-refractivity contribution in [1.29, 1.82) is 5.26 Å². The van der Waals surface area contributed by atoms with E-state index in [1.54, 1.807) is 66.9 Å². The van der Waals surface area contributed by atoms with E-state index in [2.05, 4.69) is 15.8 Å². The fourth-order valence-electron chi connectivity index (χ4n) is 2.19. The Morgan fingerprint density at radius 1 is 1.04 bits per heavy atom. The normalized spacial score (nSPS) is 10.9. The molecule has 130 valence electrons. The molecule has 0 atom stereocenters. The number of benzene rings is 2. The van der Waals surface area contributed by atoms with E-state index in [4.69, 9.17) is 5.26 Å². The third kappa shape index (κ3) is 4.23.